The van der Waals surface area contributed by atoms with Gasteiger partial charge in [-0.05, 0) is 43.0 Å². The van der Waals surface area contributed by atoms with Crippen molar-refractivity contribution < 1.29 is 9.32 Å². The minimum absolute atomic E-state index is 0.0697. The summed E-state index contributed by atoms with van der Waals surface area (Å²) in [6, 6.07) is 14.1. The Bertz CT molecular complexity index is 1550. The van der Waals surface area contributed by atoms with Gasteiger partial charge < -0.3 is 14.3 Å². The van der Waals surface area contributed by atoms with Crippen LogP contribution in [0.5, 0.6) is 0 Å². The van der Waals surface area contributed by atoms with Crippen molar-refractivity contribution in [2.45, 2.75) is 51.4 Å². The molecule has 192 valence electrons. The van der Waals surface area contributed by atoms with Gasteiger partial charge in [-0.15, -0.1) is 0 Å². The summed E-state index contributed by atoms with van der Waals surface area (Å²) in [6.45, 7) is 6.43. The largest absolute Gasteiger partial charge is 0.356 e. The summed E-state index contributed by atoms with van der Waals surface area (Å²) >= 11 is 0. The molecule has 0 bridgehead atoms. The number of piperidine rings is 1. The first-order valence-electron chi connectivity index (χ1n) is 13.2. The summed E-state index contributed by atoms with van der Waals surface area (Å²) in [5, 5.41) is 15.1. The summed E-state index contributed by atoms with van der Waals surface area (Å²) < 4.78 is 5.43. The fourth-order valence-electron chi connectivity index (χ4n) is 5.49. The molecule has 0 radical (unpaired) electrons. The second-order valence-corrected chi connectivity index (χ2v) is 10.3. The second-order valence-electron chi connectivity index (χ2n) is 10.3. The number of benzene rings is 2. The molecular formula is C29H29N7O2. The van der Waals surface area contributed by atoms with Crippen molar-refractivity contribution in [1.82, 2.24) is 20.1 Å². The SMILES string of the molecule is CC(C)c1nc(C2CCN(c3ncnc4c(-c5ccc(N6CCCC6=O)c(C#N)c5)cccc34)CC2)no1. The number of nitriles is 1. The molecule has 6 rings (SSSR count). The zero-order valence-corrected chi connectivity index (χ0v) is 21.6. The van der Waals surface area contributed by atoms with Crippen LogP contribution in [-0.4, -0.2) is 45.7 Å². The van der Waals surface area contributed by atoms with E-state index < -0.39 is 0 Å². The van der Waals surface area contributed by atoms with Crippen LogP contribution in [0.25, 0.3) is 22.0 Å². The standard InChI is InChI=1S/C29H29N7O2/c1-18(2)29-33-27(34-38-29)19-10-13-35(14-11-19)28-23-6-3-5-22(26(23)31-17-32-28)20-8-9-24(21(15-20)16-30)36-12-4-7-25(36)37/h3,5-6,8-9,15,17-19H,4,7,10-14H2,1-2H3. The van der Waals surface area contributed by atoms with Crippen LogP contribution in [0.3, 0.4) is 0 Å². The quantitative estimate of drug-likeness (QED) is 0.363. The van der Waals surface area contributed by atoms with Crippen molar-refractivity contribution in [2.75, 3.05) is 29.4 Å². The summed E-state index contributed by atoms with van der Waals surface area (Å²) in [5.41, 5.74) is 3.84. The van der Waals surface area contributed by atoms with E-state index in [0.717, 1.165) is 66.0 Å². The van der Waals surface area contributed by atoms with Crippen LogP contribution < -0.4 is 9.80 Å². The zero-order chi connectivity index (χ0) is 26.2. The number of carbonyl (C=O) groups is 1. The number of hydrogen-bond donors (Lipinski definition) is 0. The number of rotatable bonds is 5. The van der Waals surface area contributed by atoms with E-state index in [0.29, 0.717) is 30.1 Å². The molecule has 4 heterocycles. The van der Waals surface area contributed by atoms with Crippen LogP contribution in [0.15, 0.2) is 47.2 Å². The number of nitrogens with zero attached hydrogens (tertiary/aromatic N) is 7. The van der Waals surface area contributed by atoms with Gasteiger partial charge in [-0.3, -0.25) is 4.79 Å². The molecule has 2 aromatic carbocycles. The Labute approximate surface area is 221 Å². The van der Waals surface area contributed by atoms with Crippen LogP contribution in [0.4, 0.5) is 11.5 Å². The Morgan fingerprint density at radius 1 is 1.11 bits per heavy atom. The van der Waals surface area contributed by atoms with Crippen molar-refractivity contribution in [3.05, 3.63) is 60.0 Å². The smallest absolute Gasteiger partial charge is 0.229 e. The third-order valence-corrected chi connectivity index (χ3v) is 7.55. The van der Waals surface area contributed by atoms with Crippen LogP contribution in [0.2, 0.25) is 0 Å². The molecule has 38 heavy (non-hydrogen) atoms. The number of hydrogen-bond acceptors (Lipinski definition) is 8. The maximum atomic E-state index is 12.3. The average Bonchev–Trinajstić information content (AvgIpc) is 3.62. The highest BCUT2D eigenvalue weighted by Gasteiger charge is 2.27. The van der Waals surface area contributed by atoms with E-state index in [4.69, 9.17) is 4.52 Å². The van der Waals surface area contributed by atoms with Gasteiger partial charge in [0.05, 0.1) is 16.8 Å². The zero-order valence-electron chi connectivity index (χ0n) is 21.6. The summed E-state index contributed by atoms with van der Waals surface area (Å²) in [4.78, 5) is 30.2. The normalized spacial score (nSPS) is 16.5. The lowest BCUT2D eigenvalue weighted by Gasteiger charge is -2.32. The van der Waals surface area contributed by atoms with Gasteiger partial charge in [0.25, 0.3) is 0 Å². The van der Waals surface area contributed by atoms with E-state index in [1.165, 1.54) is 0 Å². The van der Waals surface area contributed by atoms with Crippen molar-refractivity contribution in [3.8, 4) is 17.2 Å². The van der Waals surface area contributed by atoms with Crippen molar-refractivity contribution >= 4 is 28.3 Å². The van der Waals surface area contributed by atoms with Gasteiger partial charge in [-0.1, -0.05) is 37.2 Å². The van der Waals surface area contributed by atoms with Crippen LogP contribution in [-0.2, 0) is 4.79 Å². The minimum atomic E-state index is 0.0697. The fraction of sp³-hybridized carbons (Fsp3) is 0.379. The number of amides is 1. The van der Waals surface area contributed by atoms with E-state index in [1.54, 1.807) is 11.2 Å². The van der Waals surface area contributed by atoms with Gasteiger partial charge in [-0.2, -0.15) is 10.2 Å². The lowest BCUT2D eigenvalue weighted by molar-refractivity contribution is -0.117. The lowest BCUT2D eigenvalue weighted by Crippen LogP contribution is -2.34. The van der Waals surface area contributed by atoms with Gasteiger partial charge in [0, 0.05) is 48.8 Å². The van der Waals surface area contributed by atoms with Crippen LogP contribution in [0.1, 0.15) is 68.6 Å². The molecule has 2 aromatic heterocycles. The van der Waals surface area contributed by atoms with Gasteiger partial charge in [0.2, 0.25) is 11.8 Å². The number of anilines is 2. The van der Waals surface area contributed by atoms with Crippen molar-refractivity contribution in [2.24, 2.45) is 0 Å². The molecule has 2 aliphatic heterocycles. The van der Waals surface area contributed by atoms with Crippen LogP contribution >= 0.6 is 0 Å². The van der Waals surface area contributed by atoms with E-state index in [9.17, 15) is 10.1 Å². The molecule has 9 nitrogen and oxygen atoms in total. The highest BCUT2D eigenvalue weighted by Crippen LogP contribution is 2.36. The Morgan fingerprint density at radius 2 is 1.95 bits per heavy atom. The van der Waals surface area contributed by atoms with Gasteiger partial charge in [0.1, 0.15) is 18.2 Å². The number of aromatic nitrogens is 4. The minimum Gasteiger partial charge on any atom is -0.356 e. The van der Waals surface area contributed by atoms with Gasteiger partial charge in [0.15, 0.2) is 5.82 Å². The highest BCUT2D eigenvalue weighted by atomic mass is 16.5. The van der Waals surface area contributed by atoms with Crippen LogP contribution in [0, 0.1) is 11.3 Å². The molecule has 2 saturated heterocycles. The molecule has 0 N–H and O–H groups in total. The molecule has 4 aromatic rings. The molecule has 0 aliphatic carbocycles. The highest BCUT2D eigenvalue weighted by molar-refractivity contribution is 6.01. The molecule has 9 heteroatoms. The van der Waals surface area contributed by atoms with E-state index >= 15 is 0 Å². The molecule has 0 spiro atoms. The topological polar surface area (TPSA) is 112 Å². The predicted molar refractivity (Wildman–Crippen MR) is 144 cm³/mol. The predicted octanol–water partition coefficient (Wildman–Crippen LogP) is 5.19. The van der Waals surface area contributed by atoms with E-state index in [-0.39, 0.29) is 17.7 Å². The molecule has 2 aliphatic rings. The Morgan fingerprint density at radius 3 is 2.66 bits per heavy atom. The monoisotopic (exact) mass is 507 g/mol. The first-order valence-corrected chi connectivity index (χ1v) is 13.2. The van der Waals surface area contributed by atoms with Gasteiger partial charge >= 0.3 is 0 Å². The molecule has 0 unspecified atom stereocenters. The third kappa shape index (κ3) is 4.26. The van der Waals surface area contributed by atoms with E-state index in [2.05, 4.69) is 51.0 Å². The molecular weight excluding hydrogens is 478 g/mol. The molecule has 0 saturated carbocycles. The molecule has 1 amide bonds. The fourth-order valence-corrected chi connectivity index (χ4v) is 5.49. The van der Waals surface area contributed by atoms with Crippen molar-refractivity contribution in [1.29, 1.82) is 5.26 Å². The second kappa shape index (κ2) is 9.86. The Balaban J connectivity index is 1.28. The summed E-state index contributed by atoms with van der Waals surface area (Å²) in [5.74, 6) is 2.97. The summed E-state index contributed by atoms with van der Waals surface area (Å²) in [6.07, 6.45) is 4.81. The third-order valence-electron chi connectivity index (χ3n) is 7.55. The first kappa shape index (κ1) is 24.0. The maximum absolute atomic E-state index is 12.3. The average molecular weight is 508 g/mol. The lowest BCUT2D eigenvalue weighted by atomic mass is 9.95. The molecule has 0 atom stereocenters. The number of carbonyl (C=O) groups excluding carboxylic acids is 1. The Hall–Kier alpha value is -4.32. The first-order chi connectivity index (χ1) is 18.5. The molecule has 2 fully saturated rings. The Kier molecular flexibility index (Phi) is 6.24. The van der Waals surface area contributed by atoms with Gasteiger partial charge in [-0.25, -0.2) is 9.97 Å². The summed E-state index contributed by atoms with van der Waals surface area (Å²) in [7, 11) is 0. The van der Waals surface area contributed by atoms with Crippen molar-refractivity contribution in [3.63, 3.8) is 0 Å². The number of fused-ring (bicyclic) bond motifs is 1. The van der Waals surface area contributed by atoms with E-state index in [1.807, 2.05) is 30.3 Å². The number of para-hydroxylation sites is 1. The maximum Gasteiger partial charge on any atom is 0.229 e.